The molecule has 1 aliphatic rings. The zero-order chi connectivity index (χ0) is 9.80. The zero-order valence-corrected chi connectivity index (χ0v) is 8.66. The molecule has 1 radical (unpaired) electrons. The van der Waals surface area contributed by atoms with E-state index in [2.05, 4.69) is 36.5 Å². The number of allylic oxidation sites excluding steroid dienone is 1. The van der Waals surface area contributed by atoms with Crippen LogP contribution >= 0.6 is 0 Å². The Morgan fingerprint density at radius 2 is 2.00 bits per heavy atom. The topological polar surface area (TPSA) is 14.1 Å². The number of hydrogen-bond acceptors (Lipinski definition) is 0. The third-order valence-corrected chi connectivity index (χ3v) is 2.56. The largest absolute Gasteiger partial charge is 0.253 e. The first kappa shape index (κ1) is 9.32. The number of benzene rings is 1. The molecule has 0 saturated heterocycles. The van der Waals surface area contributed by atoms with Crippen LogP contribution in [0.2, 0.25) is 0 Å². The van der Waals surface area contributed by atoms with Crippen molar-refractivity contribution in [2.75, 3.05) is 0 Å². The summed E-state index contributed by atoms with van der Waals surface area (Å²) in [5.74, 6) is 0. The fourth-order valence-corrected chi connectivity index (χ4v) is 1.76. The molecule has 0 fully saturated rings. The van der Waals surface area contributed by atoms with Crippen molar-refractivity contribution in [3.05, 3.63) is 35.5 Å². The molecular weight excluding hydrogens is 170 g/mol. The first-order chi connectivity index (χ1) is 6.90. The normalized spacial score (nSPS) is 13.4. The van der Waals surface area contributed by atoms with Gasteiger partial charge in [0.25, 0.3) is 0 Å². The highest BCUT2D eigenvalue weighted by atomic mass is 14.9. The fourth-order valence-electron chi connectivity index (χ4n) is 1.76. The molecule has 73 valence electrons. The average molecular weight is 186 g/mol. The lowest BCUT2D eigenvalue weighted by atomic mass is 10.1. The Kier molecular flexibility index (Phi) is 2.87. The van der Waals surface area contributed by atoms with Crippen LogP contribution in [0.4, 0.5) is 5.69 Å². The summed E-state index contributed by atoms with van der Waals surface area (Å²) >= 11 is 0. The van der Waals surface area contributed by atoms with E-state index in [-0.39, 0.29) is 0 Å². The molecule has 1 heterocycles. The second kappa shape index (κ2) is 4.32. The molecule has 14 heavy (non-hydrogen) atoms. The number of nitrogens with zero attached hydrogens (tertiary/aromatic N) is 1. The van der Waals surface area contributed by atoms with E-state index >= 15 is 0 Å². The Labute approximate surface area is 85.8 Å². The van der Waals surface area contributed by atoms with E-state index in [1.54, 1.807) is 0 Å². The lowest BCUT2D eigenvalue weighted by Crippen LogP contribution is -1.92. The summed E-state index contributed by atoms with van der Waals surface area (Å²) in [7, 11) is 0. The third kappa shape index (κ3) is 1.98. The van der Waals surface area contributed by atoms with E-state index in [4.69, 9.17) is 0 Å². The Bertz CT molecular complexity index is 339. The monoisotopic (exact) mass is 186 g/mol. The maximum absolute atomic E-state index is 4.58. The van der Waals surface area contributed by atoms with Crippen molar-refractivity contribution in [1.29, 1.82) is 0 Å². The van der Waals surface area contributed by atoms with Gasteiger partial charge in [-0.25, -0.2) is 0 Å². The molecule has 0 aliphatic carbocycles. The summed E-state index contributed by atoms with van der Waals surface area (Å²) in [6.07, 6.45) is 7.19. The minimum Gasteiger partial charge on any atom is -0.253 e. The molecule has 1 aliphatic heterocycles. The maximum Gasteiger partial charge on any atom is 0.0705 e. The van der Waals surface area contributed by atoms with Crippen LogP contribution in [0.15, 0.2) is 30.0 Å². The van der Waals surface area contributed by atoms with Crippen molar-refractivity contribution in [3.63, 3.8) is 0 Å². The van der Waals surface area contributed by atoms with Crippen LogP contribution in [0.3, 0.4) is 0 Å². The average Bonchev–Trinajstić information content (AvgIpc) is 2.60. The molecule has 0 atom stereocenters. The van der Waals surface area contributed by atoms with Gasteiger partial charge in [-0.3, -0.25) is 5.32 Å². The maximum atomic E-state index is 4.58. The molecule has 0 bridgehead atoms. The minimum absolute atomic E-state index is 1.13. The van der Waals surface area contributed by atoms with Gasteiger partial charge in [0.1, 0.15) is 0 Å². The SMILES string of the molecule is CCCCCC1=Cc2ccccc2[N]1. The molecular formula is C13H16N. The first-order valence-corrected chi connectivity index (χ1v) is 5.41. The highest BCUT2D eigenvalue weighted by Gasteiger charge is 2.11. The van der Waals surface area contributed by atoms with E-state index in [9.17, 15) is 0 Å². The van der Waals surface area contributed by atoms with Gasteiger partial charge in [0.15, 0.2) is 0 Å². The smallest absolute Gasteiger partial charge is 0.0705 e. The molecule has 0 aromatic heterocycles. The van der Waals surface area contributed by atoms with E-state index in [0.29, 0.717) is 0 Å². The Balaban J connectivity index is 1.95. The number of hydrogen-bond donors (Lipinski definition) is 0. The summed E-state index contributed by atoms with van der Waals surface area (Å²) in [5, 5.41) is 4.58. The molecule has 1 heteroatoms. The van der Waals surface area contributed by atoms with Crippen molar-refractivity contribution < 1.29 is 0 Å². The third-order valence-electron chi connectivity index (χ3n) is 2.56. The summed E-state index contributed by atoms with van der Waals surface area (Å²) in [6.45, 7) is 2.23. The van der Waals surface area contributed by atoms with Crippen LogP contribution in [0.25, 0.3) is 6.08 Å². The van der Waals surface area contributed by atoms with Gasteiger partial charge in [-0.2, -0.15) is 0 Å². The van der Waals surface area contributed by atoms with Gasteiger partial charge in [-0.15, -0.1) is 0 Å². The first-order valence-electron chi connectivity index (χ1n) is 5.41. The zero-order valence-electron chi connectivity index (χ0n) is 8.66. The molecule has 1 aromatic rings. The molecule has 0 spiro atoms. The van der Waals surface area contributed by atoms with Crippen LogP contribution in [0.1, 0.15) is 38.2 Å². The Hall–Kier alpha value is -1.24. The van der Waals surface area contributed by atoms with Gasteiger partial charge >= 0.3 is 0 Å². The second-order valence-electron chi connectivity index (χ2n) is 3.76. The quantitative estimate of drug-likeness (QED) is 0.634. The van der Waals surface area contributed by atoms with Crippen LogP contribution in [0, 0.1) is 0 Å². The standard InChI is InChI=1S/C13H16N/c1-2-3-4-8-12-10-11-7-5-6-9-13(11)14-12/h5-7,9-10H,2-4,8H2,1H3. The molecule has 1 nitrogen and oxygen atoms in total. The predicted molar refractivity (Wildman–Crippen MR) is 60.4 cm³/mol. The van der Waals surface area contributed by atoms with Crippen molar-refractivity contribution in [2.45, 2.75) is 32.6 Å². The molecule has 1 aromatic carbocycles. The summed E-state index contributed by atoms with van der Waals surface area (Å²) < 4.78 is 0. The van der Waals surface area contributed by atoms with Gasteiger partial charge in [0.2, 0.25) is 0 Å². The number of para-hydroxylation sites is 1. The van der Waals surface area contributed by atoms with Crippen molar-refractivity contribution in [1.82, 2.24) is 5.32 Å². The summed E-state index contributed by atoms with van der Waals surface area (Å²) in [5.41, 5.74) is 3.66. The molecule has 2 rings (SSSR count). The summed E-state index contributed by atoms with van der Waals surface area (Å²) in [6, 6.07) is 8.33. The highest BCUT2D eigenvalue weighted by Crippen LogP contribution is 2.28. The van der Waals surface area contributed by atoms with Gasteiger partial charge in [0, 0.05) is 11.3 Å². The van der Waals surface area contributed by atoms with Crippen LogP contribution in [-0.4, -0.2) is 0 Å². The van der Waals surface area contributed by atoms with E-state index in [1.807, 2.05) is 6.07 Å². The van der Waals surface area contributed by atoms with E-state index < -0.39 is 0 Å². The molecule has 0 N–H and O–H groups in total. The fraction of sp³-hybridized carbons (Fsp3) is 0.385. The summed E-state index contributed by atoms with van der Waals surface area (Å²) in [4.78, 5) is 0. The Morgan fingerprint density at radius 3 is 2.79 bits per heavy atom. The van der Waals surface area contributed by atoms with Gasteiger partial charge in [0.05, 0.1) is 5.69 Å². The van der Waals surface area contributed by atoms with Crippen molar-refractivity contribution >= 4 is 11.8 Å². The lowest BCUT2D eigenvalue weighted by Gasteiger charge is -2.00. The number of fused-ring (bicyclic) bond motifs is 1. The lowest BCUT2D eigenvalue weighted by molar-refractivity contribution is 0.700. The van der Waals surface area contributed by atoms with Gasteiger partial charge in [-0.1, -0.05) is 38.0 Å². The van der Waals surface area contributed by atoms with E-state index in [0.717, 1.165) is 12.1 Å². The van der Waals surface area contributed by atoms with Crippen LogP contribution < -0.4 is 5.32 Å². The molecule has 0 amide bonds. The molecule has 0 saturated carbocycles. The van der Waals surface area contributed by atoms with Crippen LogP contribution in [-0.2, 0) is 0 Å². The van der Waals surface area contributed by atoms with Gasteiger partial charge in [-0.05, 0) is 25.0 Å². The molecule has 0 unspecified atom stereocenters. The van der Waals surface area contributed by atoms with E-state index in [1.165, 1.54) is 30.5 Å². The highest BCUT2D eigenvalue weighted by molar-refractivity contribution is 5.71. The second-order valence-corrected chi connectivity index (χ2v) is 3.76. The number of unbranched alkanes of at least 4 members (excludes halogenated alkanes) is 2. The van der Waals surface area contributed by atoms with Crippen LogP contribution in [0.5, 0.6) is 0 Å². The predicted octanol–water partition coefficient (Wildman–Crippen LogP) is 3.86. The van der Waals surface area contributed by atoms with Crippen molar-refractivity contribution in [3.8, 4) is 0 Å². The van der Waals surface area contributed by atoms with Gasteiger partial charge < -0.3 is 0 Å². The minimum atomic E-state index is 1.13. The number of rotatable bonds is 4. The Morgan fingerprint density at radius 1 is 1.14 bits per heavy atom. The van der Waals surface area contributed by atoms with Crippen molar-refractivity contribution in [2.24, 2.45) is 0 Å².